The van der Waals surface area contributed by atoms with Crippen molar-refractivity contribution in [3.05, 3.63) is 71.7 Å². The maximum Gasteiger partial charge on any atom is 0.407 e. The van der Waals surface area contributed by atoms with E-state index in [1.165, 1.54) is 4.90 Å². The van der Waals surface area contributed by atoms with Crippen LogP contribution in [0, 0.1) is 0 Å². The summed E-state index contributed by atoms with van der Waals surface area (Å²) in [7, 11) is 0. The number of nitrogens with zero attached hydrogens (tertiary/aromatic N) is 3. The van der Waals surface area contributed by atoms with Gasteiger partial charge in [0.2, 0.25) is 0 Å². The Hall–Kier alpha value is -4.68. The Labute approximate surface area is 226 Å². The molecule has 4 heterocycles. The van der Waals surface area contributed by atoms with Crippen LogP contribution in [0.2, 0.25) is 0 Å². The second kappa shape index (κ2) is 9.89. The molecular formula is C27H23N5O6S. The van der Waals surface area contributed by atoms with E-state index in [2.05, 4.69) is 15.6 Å². The lowest BCUT2D eigenvalue weighted by Gasteiger charge is -2.34. The van der Waals surface area contributed by atoms with Gasteiger partial charge in [0, 0.05) is 18.8 Å². The lowest BCUT2D eigenvalue weighted by Crippen LogP contribution is -2.54. The fraction of sp³-hybridized carbons (Fsp3) is 0.185. The number of carboxylic acid groups (broad SMARTS) is 1. The molecule has 1 fully saturated rings. The first-order chi connectivity index (χ1) is 18.9. The van der Waals surface area contributed by atoms with E-state index in [9.17, 15) is 24.6 Å². The van der Waals surface area contributed by atoms with Crippen LogP contribution in [-0.4, -0.2) is 63.4 Å². The highest BCUT2D eigenvalue weighted by molar-refractivity contribution is 7.21. The summed E-state index contributed by atoms with van der Waals surface area (Å²) in [5, 5.41) is 25.7. The van der Waals surface area contributed by atoms with Gasteiger partial charge in [-0.15, -0.1) is 11.3 Å². The van der Waals surface area contributed by atoms with Gasteiger partial charge in [0.15, 0.2) is 0 Å². The number of ether oxygens (including phenoxy) is 1. The Bertz CT molecular complexity index is 1580. The van der Waals surface area contributed by atoms with Gasteiger partial charge in [-0.1, -0.05) is 18.2 Å². The van der Waals surface area contributed by atoms with E-state index in [1.807, 2.05) is 30.3 Å². The van der Waals surface area contributed by atoms with E-state index in [0.717, 1.165) is 16.2 Å². The number of urea groups is 1. The van der Waals surface area contributed by atoms with Gasteiger partial charge in [0.25, 0.3) is 5.91 Å². The molecule has 4 N–H and O–H groups in total. The largest absolute Gasteiger partial charge is 0.465 e. The van der Waals surface area contributed by atoms with Crippen LogP contribution in [0.3, 0.4) is 0 Å². The number of carbonyl (C=O) groups is 3. The minimum atomic E-state index is -1.16. The number of carbonyl (C=O) groups excluding carboxylic acids is 2. The van der Waals surface area contributed by atoms with Crippen molar-refractivity contribution >= 4 is 56.6 Å². The molecule has 0 aliphatic carbocycles. The van der Waals surface area contributed by atoms with Gasteiger partial charge in [0.1, 0.15) is 21.2 Å². The third kappa shape index (κ3) is 4.71. The predicted molar refractivity (Wildman–Crippen MR) is 145 cm³/mol. The number of benzene rings is 2. The summed E-state index contributed by atoms with van der Waals surface area (Å²) >= 11 is 1.13. The van der Waals surface area contributed by atoms with Crippen LogP contribution < -0.4 is 20.3 Å². The van der Waals surface area contributed by atoms with Crippen LogP contribution >= 0.6 is 11.3 Å². The number of nitrogens with one attached hydrogen (secondary N) is 2. The summed E-state index contributed by atoms with van der Waals surface area (Å²) in [5.74, 6) is 0.843. The van der Waals surface area contributed by atoms with Gasteiger partial charge >= 0.3 is 12.1 Å². The van der Waals surface area contributed by atoms with E-state index in [4.69, 9.17) is 4.74 Å². The summed E-state index contributed by atoms with van der Waals surface area (Å²) < 4.78 is 5.86. The Morgan fingerprint density at radius 1 is 1.05 bits per heavy atom. The molecule has 2 aliphatic rings. The topological polar surface area (TPSA) is 144 Å². The van der Waals surface area contributed by atoms with E-state index < -0.39 is 30.2 Å². The Kier molecular flexibility index (Phi) is 6.25. The van der Waals surface area contributed by atoms with Gasteiger partial charge in [-0.05, 0) is 48.9 Å². The summed E-state index contributed by atoms with van der Waals surface area (Å²) in [6, 6.07) is 17.2. The van der Waals surface area contributed by atoms with Crippen molar-refractivity contribution in [2.24, 2.45) is 0 Å². The molecule has 4 amide bonds. The number of para-hydroxylation sites is 1. The molecule has 2 aromatic heterocycles. The van der Waals surface area contributed by atoms with Crippen molar-refractivity contribution < 1.29 is 29.3 Å². The molecule has 12 heteroatoms. The Balaban J connectivity index is 1.28. The first-order valence-corrected chi connectivity index (χ1v) is 13.0. The average Bonchev–Trinajstić information content (AvgIpc) is 3.29. The molecule has 1 saturated heterocycles. The molecule has 198 valence electrons. The van der Waals surface area contributed by atoms with Crippen LogP contribution in [-0.2, 0) is 0 Å². The number of likely N-dealkylation sites (tertiary alicyclic amines) is 1. The van der Waals surface area contributed by atoms with E-state index >= 15 is 0 Å². The summed E-state index contributed by atoms with van der Waals surface area (Å²) in [4.78, 5) is 45.8. The number of aliphatic hydroxyl groups is 1. The SMILES string of the molecule is O=C(NC1CC(O)CN(C(=O)O)C1)c1sc2nccc3c2c1NC(=O)N3c1ccc(Oc2ccccc2)cc1. The van der Waals surface area contributed by atoms with Crippen molar-refractivity contribution in [1.29, 1.82) is 0 Å². The highest BCUT2D eigenvalue weighted by atomic mass is 32.1. The Morgan fingerprint density at radius 2 is 1.79 bits per heavy atom. The molecule has 0 spiro atoms. The molecule has 2 atom stereocenters. The van der Waals surface area contributed by atoms with Crippen molar-refractivity contribution in [2.75, 3.05) is 23.3 Å². The maximum absolute atomic E-state index is 13.3. The van der Waals surface area contributed by atoms with Crippen LogP contribution in [0.1, 0.15) is 16.1 Å². The molecule has 0 radical (unpaired) electrons. The number of aliphatic hydroxyl groups excluding tert-OH is 1. The number of piperidine rings is 1. The van der Waals surface area contributed by atoms with Gasteiger partial charge in [-0.25, -0.2) is 14.6 Å². The number of β-amino-alcohol motifs (C(OH)–C–C–N with tert-alkyl or cyclic N) is 1. The molecule has 6 rings (SSSR count). The van der Waals surface area contributed by atoms with Gasteiger partial charge in [0.05, 0.1) is 35.1 Å². The Morgan fingerprint density at radius 3 is 2.54 bits per heavy atom. The third-order valence-corrected chi connectivity index (χ3v) is 7.66. The number of hydrogen-bond acceptors (Lipinski definition) is 7. The molecule has 2 unspecified atom stereocenters. The van der Waals surface area contributed by atoms with Gasteiger partial charge in [-0.3, -0.25) is 9.69 Å². The normalized spacial score (nSPS) is 18.5. The fourth-order valence-corrected chi connectivity index (χ4v) is 5.90. The predicted octanol–water partition coefficient (Wildman–Crippen LogP) is 4.62. The zero-order valence-electron chi connectivity index (χ0n) is 20.4. The lowest BCUT2D eigenvalue weighted by molar-refractivity contribution is 0.0484. The summed E-state index contributed by atoms with van der Waals surface area (Å²) in [6.07, 6.45) is -0.235. The first-order valence-electron chi connectivity index (χ1n) is 12.2. The summed E-state index contributed by atoms with van der Waals surface area (Å²) in [5.41, 5.74) is 1.54. The molecule has 0 bridgehead atoms. The number of thiophene rings is 1. The van der Waals surface area contributed by atoms with Crippen LogP contribution in [0.25, 0.3) is 10.2 Å². The van der Waals surface area contributed by atoms with Crippen molar-refractivity contribution in [3.63, 3.8) is 0 Å². The van der Waals surface area contributed by atoms with Crippen molar-refractivity contribution in [3.8, 4) is 11.5 Å². The van der Waals surface area contributed by atoms with Crippen molar-refractivity contribution in [2.45, 2.75) is 18.6 Å². The zero-order chi connectivity index (χ0) is 27.1. The average molecular weight is 546 g/mol. The van der Waals surface area contributed by atoms with Crippen LogP contribution in [0.15, 0.2) is 66.9 Å². The molecule has 4 aromatic rings. The van der Waals surface area contributed by atoms with E-state index in [1.54, 1.807) is 36.5 Å². The molecular weight excluding hydrogens is 522 g/mol. The number of hydrogen-bond donors (Lipinski definition) is 4. The molecule has 2 aliphatic heterocycles. The monoisotopic (exact) mass is 545 g/mol. The number of amides is 4. The number of pyridine rings is 1. The number of rotatable bonds is 5. The minimum absolute atomic E-state index is 0.00558. The van der Waals surface area contributed by atoms with Crippen LogP contribution in [0.4, 0.5) is 26.7 Å². The molecule has 0 saturated carbocycles. The minimum Gasteiger partial charge on any atom is -0.465 e. The lowest BCUT2D eigenvalue weighted by atomic mass is 10.0. The molecule has 39 heavy (non-hydrogen) atoms. The number of anilines is 3. The first kappa shape index (κ1) is 24.6. The highest BCUT2D eigenvalue weighted by Crippen LogP contribution is 2.45. The standard InChI is InChI=1S/C27H23N5O6S/c33-17-12-15(13-31(14-17)27(36)37)29-24(34)23-22-21-20(10-11-28-25(21)39-23)32(26(35)30-22)16-6-8-19(9-7-16)38-18-4-2-1-3-5-18/h1-11,15,17,33H,12-14H2,(H,29,34)(H,30,35)(H,36,37). The quantitative estimate of drug-likeness (QED) is 0.287. The number of aromatic nitrogens is 1. The van der Waals surface area contributed by atoms with E-state index in [0.29, 0.717) is 38.8 Å². The van der Waals surface area contributed by atoms with E-state index in [-0.39, 0.29) is 24.4 Å². The highest BCUT2D eigenvalue weighted by Gasteiger charge is 2.35. The smallest absolute Gasteiger partial charge is 0.407 e. The maximum atomic E-state index is 13.3. The molecule has 2 aromatic carbocycles. The fourth-order valence-electron chi connectivity index (χ4n) is 4.87. The zero-order valence-corrected chi connectivity index (χ0v) is 21.2. The second-order valence-electron chi connectivity index (χ2n) is 9.24. The van der Waals surface area contributed by atoms with Gasteiger partial charge < -0.3 is 30.5 Å². The second-order valence-corrected chi connectivity index (χ2v) is 10.2. The van der Waals surface area contributed by atoms with Gasteiger partial charge in [-0.2, -0.15) is 0 Å². The third-order valence-electron chi connectivity index (χ3n) is 6.56. The van der Waals surface area contributed by atoms with Crippen molar-refractivity contribution in [1.82, 2.24) is 15.2 Å². The van der Waals surface area contributed by atoms with Crippen LogP contribution in [0.5, 0.6) is 11.5 Å². The summed E-state index contributed by atoms with van der Waals surface area (Å²) in [6.45, 7) is 0.0559. The molecule has 11 nitrogen and oxygen atoms in total.